The number of hydrogen-bond acceptors (Lipinski definition) is 2. The van der Waals surface area contributed by atoms with Gasteiger partial charge in [-0.25, -0.2) is 0 Å². The SMILES string of the molecule is NCC1(N)CC2CC[C-]1C2.O.[Cl][Pt][Cl]. The van der Waals surface area contributed by atoms with Gasteiger partial charge in [-0.1, -0.05) is 24.3 Å². The molecule has 0 heterocycles. The number of hydrogen-bond donors (Lipinski definition) is 2. The molecule has 0 amide bonds. The molecule has 2 aliphatic rings. The predicted molar refractivity (Wildman–Crippen MR) is 56.5 cm³/mol. The van der Waals surface area contributed by atoms with Crippen LogP contribution >= 0.6 is 18.8 Å². The summed E-state index contributed by atoms with van der Waals surface area (Å²) in [7, 11) is 9.75. The van der Waals surface area contributed by atoms with Gasteiger partial charge in [0.25, 0.3) is 0 Å². The van der Waals surface area contributed by atoms with Crippen molar-refractivity contribution < 1.29 is 22.0 Å². The van der Waals surface area contributed by atoms with E-state index in [2.05, 4.69) is 0 Å². The summed E-state index contributed by atoms with van der Waals surface area (Å²) in [4.78, 5) is 0. The summed E-state index contributed by atoms with van der Waals surface area (Å²) >= 11 is -0.472. The summed E-state index contributed by atoms with van der Waals surface area (Å²) in [6.45, 7) is 0.652. The Kier molecular flexibility index (Phi) is 7.22. The van der Waals surface area contributed by atoms with Crippen molar-refractivity contribution in [1.82, 2.24) is 0 Å². The van der Waals surface area contributed by atoms with Crippen molar-refractivity contribution >= 4 is 18.8 Å². The first kappa shape index (κ1) is 15.1. The van der Waals surface area contributed by atoms with Gasteiger partial charge in [0.2, 0.25) is 0 Å². The second kappa shape index (κ2) is 6.67. The summed E-state index contributed by atoms with van der Waals surface area (Å²) < 4.78 is 0. The van der Waals surface area contributed by atoms with Crippen molar-refractivity contribution in [3.05, 3.63) is 5.92 Å². The van der Waals surface area contributed by atoms with Crippen molar-refractivity contribution in [2.75, 3.05) is 6.54 Å². The molecule has 0 saturated heterocycles. The molecule has 2 unspecified atom stereocenters. The van der Waals surface area contributed by atoms with Gasteiger partial charge in [-0.2, -0.15) is 12.8 Å². The fourth-order valence-corrected chi connectivity index (χ4v) is 2.44. The molecule has 0 radical (unpaired) electrons. The second-order valence-electron chi connectivity index (χ2n) is 3.82. The topological polar surface area (TPSA) is 83.5 Å². The van der Waals surface area contributed by atoms with Crippen LogP contribution in [-0.2, 0) is 16.5 Å². The minimum atomic E-state index is -0.472. The molecular formula is C8H17Cl2N2OPt-. The molecule has 2 bridgehead atoms. The van der Waals surface area contributed by atoms with Gasteiger partial charge < -0.3 is 16.9 Å². The monoisotopic (exact) mass is 422 g/mol. The van der Waals surface area contributed by atoms with E-state index in [1.807, 2.05) is 0 Å². The molecule has 0 aromatic heterocycles. The van der Waals surface area contributed by atoms with Gasteiger partial charge in [-0.15, -0.1) is 0 Å². The van der Waals surface area contributed by atoms with Gasteiger partial charge in [0.1, 0.15) is 0 Å². The third-order valence-electron chi connectivity index (χ3n) is 3.11. The molecule has 0 aromatic rings. The first-order valence-electron chi connectivity index (χ1n) is 4.32. The van der Waals surface area contributed by atoms with E-state index in [1.54, 1.807) is 5.92 Å². The van der Waals surface area contributed by atoms with E-state index >= 15 is 0 Å². The maximum absolute atomic E-state index is 6.08. The summed E-state index contributed by atoms with van der Waals surface area (Å²) in [6, 6.07) is 0. The van der Waals surface area contributed by atoms with E-state index in [1.165, 1.54) is 19.3 Å². The molecule has 6 N–H and O–H groups in total. The summed E-state index contributed by atoms with van der Waals surface area (Å²) in [5.74, 6) is 2.42. The Balaban J connectivity index is 0.000000381. The quantitative estimate of drug-likeness (QED) is 0.617. The Labute approximate surface area is 102 Å². The van der Waals surface area contributed by atoms with Crippen molar-refractivity contribution in [3.8, 4) is 0 Å². The maximum atomic E-state index is 6.08. The third kappa shape index (κ3) is 3.33. The van der Waals surface area contributed by atoms with Crippen molar-refractivity contribution in [2.45, 2.75) is 31.2 Å². The fourth-order valence-electron chi connectivity index (χ4n) is 2.44. The first-order chi connectivity index (χ1) is 6.16. The Morgan fingerprint density at radius 3 is 2.29 bits per heavy atom. The Morgan fingerprint density at radius 1 is 1.50 bits per heavy atom. The molecule has 2 fully saturated rings. The van der Waals surface area contributed by atoms with Gasteiger partial charge in [0.15, 0.2) is 0 Å². The van der Waals surface area contributed by atoms with Crippen LogP contribution in [0.25, 0.3) is 0 Å². The zero-order chi connectivity index (χ0) is 9.90. The Bertz CT molecular complexity index is 175. The fraction of sp³-hybridized carbons (Fsp3) is 0.875. The number of nitrogens with two attached hydrogens (primary N) is 2. The second-order valence-corrected chi connectivity index (χ2v) is 7.10. The van der Waals surface area contributed by atoms with Gasteiger partial charge >= 0.3 is 35.3 Å². The van der Waals surface area contributed by atoms with Crippen LogP contribution in [-0.4, -0.2) is 17.6 Å². The molecule has 6 heteroatoms. The van der Waals surface area contributed by atoms with E-state index in [0.717, 1.165) is 12.3 Å². The molecule has 3 nitrogen and oxygen atoms in total. The number of halogens is 2. The molecular weight excluding hydrogens is 406 g/mol. The van der Waals surface area contributed by atoms with Crippen LogP contribution in [0.3, 0.4) is 0 Å². The minimum absolute atomic E-state index is 0. The van der Waals surface area contributed by atoms with Gasteiger partial charge in [-0.3, -0.25) is 5.92 Å². The summed E-state index contributed by atoms with van der Waals surface area (Å²) in [6.07, 6.45) is 5.04. The molecule has 2 saturated carbocycles. The predicted octanol–water partition coefficient (Wildman–Crippen LogP) is 0.973. The molecule has 0 aromatic carbocycles. The number of rotatable bonds is 1. The van der Waals surface area contributed by atoms with E-state index in [9.17, 15) is 0 Å². The molecule has 2 atom stereocenters. The Morgan fingerprint density at radius 2 is 2.07 bits per heavy atom. The zero-order valence-corrected chi connectivity index (χ0v) is 11.6. The molecule has 2 aliphatic carbocycles. The van der Waals surface area contributed by atoms with Crippen LogP contribution in [0.1, 0.15) is 25.7 Å². The number of fused-ring (bicyclic) bond motifs is 2. The molecule has 14 heavy (non-hydrogen) atoms. The van der Waals surface area contributed by atoms with Gasteiger partial charge in [0.05, 0.1) is 0 Å². The van der Waals surface area contributed by atoms with E-state index in [0.29, 0.717) is 6.54 Å². The van der Waals surface area contributed by atoms with E-state index in [4.69, 9.17) is 30.3 Å². The molecule has 0 spiro atoms. The molecule has 90 valence electrons. The van der Waals surface area contributed by atoms with Crippen LogP contribution in [0.15, 0.2) is 0 Å². The molecule has 2 rings (SSSR count). The van der Waals surface area contributed by atoms with Crippen LogP contribution in [0, 0.1) is 11.8 Å². The van der Waals surface area contributed by atoms with E-state index in [-0.39, 0.29) is 11.0 Å². The summed E-state index contributed by atoms with van der Waals surface area (Å²) in [5, 5.41) is 0. The van der Waals surface area contributed by atoms with Gasteiger partial charge in [-0.05, 0) is 6.54 Å². The van der Waals surface area contributed by atoms with Crippen molar-refractivity contribution in [1.29, 1.82) is 0 Å². The zero-order valence-electron chi connectivity index (χ0n) is 7.84. The van der Waals surface area contributed by atoms with Crippen LogP contribution in [0.2, 0.25) is 0 Å². The van der Waals surface area contributed by atoms with Crippen molar-refractivity contribution in [3.63, 3.8) is 0 Å². The summed E-state index contributed by atoms with van der Waals surface area (Å²) in [5.41, 5.74) is 11.6. The first-order valence-corrected chi connectivity index (χ1v) is 9.96. The average molecular weight is 423 g/mol. The van der Waals surface area contributed by atoms with Crippen LogP contribution in [0.5, 0.6) is 0 Å². The standard InChI is InChI=1S/C8H15N2.2ClH.H2O.Pt/c9-5-8(10)4-6-1-2-7(8)3-6;;;;/h6H,1-5,9-10H2;2*1H;1H2;/q-1;;;;+2/p-2. The third-order valence-corrected chi connectivity index (χ3v) is 3.11. The molecule has 0 aliphatic heterocycles. The van der Waals surface area contributed by atoms with E-state index < -0.39 is 16.5 Å². The van der Waals surface area contributed by atoms with Gasteiger partial charge in [0, 0.05) is 0 Å². The van der Waals surface area contributed by atoms with Crippen LogP contribution in [0.4, 0.5) is 0 Å². The Hall–Kier alpha value is 1.15. The normalized spacial score (nSPS) is 35.0. The average Bonchev–Trinajstić information content (AvgIpc) is 2.65. The van der Waals surface area contributed by atoms with Crippen molar-refractivity contribution in [2.24, 2.45) is 17.4 Å². The van der Waals surface area contributed by atoms with Crippen LogP contribution < -0.4 is 11.5 Å².